The van der Waals surface area contributed by atoms with Gasteiger partial charge < -0.3 is 4.43 Å². The predicted octanol–water partition coefficient (Wildman–Crippen LogP) is 4.00. The maximum Gasteiger partial charge on any atom is 0.204 e. The van der Waals surface area contributed by atoms with Gasteiger partial charge in [0.15, 0.2) is 0 Å². The molecular formula is C11H25OSi. The summed E-state index contributed by atoms with van der Waals surface area (Å²) in [5, 5.41) is 0. The minimum atomic E-state index is -0.436. The first-order valence-corrected chi connectivity index (χ1v) is 8.11. The zero-order valence-corrected chi connectivity index (χ0v) is 10.6. The van der Waals surface area contributed by atoms with Crippen molar-refractivity contribution in [3.05, 3.63) is 0 Å². The van der Waals surface area contributed by atoms with Crippen molar-refractivity contribution in [3.8, 4) is 0 Å². The maximum atomic E-state index is 5.57. The smallest absolute Gasteiger partial charge is 0.204 e. The third-order valence-corrected chi connectivity index (χ3v) is 2.92. The molecule has 1 nitrogen and oxygen atoms in total. The number of hydrogen-bond acceptors (Lipinski definition) is 1. The van der Waals surface area contributed by atoms with E-state index in [9.17, 15) is 0 Å². The molecule has 1 radical (unpaired) electrons. The van der Waals surface area contributed by atoms with Gasteiger partial charge in [-0.3, -0.25) is 0 Å². The van der Waals surface area contributed by atoms with Crippen LogP contribution < -0.4 is 0 Å². The predicted molar refractivity (Wildman–Crippen MR) is 61.4 cm³/mol. The molecule has 2 heteroatoms. The lowest BCUT2D eigenvalue weighted by Gasteiger charge is -2.05. The normalized spacial score (nSPS) is 11.1. The van der Waals surface area contributed by atoms with Gasteiger partial charge in [-0.25, -0.2) is 0 Å². The SMILES string of the molecule is CCCCCCCCCO[Si](C)C. The van der Waals surface area contributed by atoms with E-state index in [1.54, 1.807) is 0 Å². The van der Waals surface area contributed by atoms with Crippen LogP contribution >= 0.6 is 0 Å². The molecule has 0 bridgehead atoms. The molecule has 0 atom stereocenters. The molecule has 0 aliphatic rings. The van der Waals surface area contributed by atoms with Gasteiger partial charge >= 0.3 is 0 Å². The first kappa shape index (κ1) is 13.2. The molecular weight excluding hydrogens is 176 g/mol. The third-order valence-electron chi connectivity index (χ3n) is 2.14. The zero-order valence-electron chi connectivity index (χ0n) is 9.57. The fourth-order valence-corrected chi connectivity index (χ4v) is 1.89. The van der Waals surface area contributed by atoms with Crippen LogP contribution in [0.25, 0.3) is 0 Å². The average molecular weight is 201 g/mol. The second kappa shape index (κ2) is 10.3. The van der Waals surface area contributed by atoms with E-state index in [1.807, 2.05) is 0 Å². The van der Waals surface area contributed by atoms with Crippen molar-refractivity contribution in [3.63, 3.8) is 0 Å². The van der Waals surface area contributed by atoms with E-state index in [0.717, 1.165) is 6.61 Å². The topological polar surface area (TPSA) is 9.23 Å². The summed E-state index contributed by atoms with van der Waals surface area (Å²) in [4.78, 5) is 0. The van der Waals surface area contributed by atoms with Crippen LogP contribution in [0, 0.1) is 0 Å². The van der Waals surface area contributed by atoms with Gasteiger partial charge in [0, 0.05) is 6.61 Å². The molecule has 0 amide bonds. The summed E-state index contributed by atoms with van der Waals surface area (Å²) in [6, 6.07) is 0. The van der Waals surface area contributed by atoms with Crippen LogP contribution in [-0.2, 0) is 4.43 Å². The van der Waals surface area contributed by atoms with Gasteiger partial charge in [0.05, 0.1) is 0 Å². The van der Waals surface area contributed by atoms with Crippen LogP contribution in [0.2, 0.25) is 13.1 Å². The van der Waals surface area contributed by atoms with Crippen molar-refractivity contribution in [2.75, 3.05) is 6.61 Å². The fraction of sp³-hybridized carbons (Fsp3) is 1.00. The highest BCUT2D eigenvalue weighted by molar-refractivity contribution is 6.48. The Morgan fingerprint density at radius 1 is 0.846 bits per heavy atom. The third kappa shape index (κ3) is 12.2. The number of unbranched alkanes of at least 4 members (excludes halogenated alkanes) is 6. The molecule has 0 heterocycles. The van der Waals surface area contributed by atoms with Crippen molar-refractivity contribution in [2.45, 2.75) is 65.0 Å². The van der Waals surface area contributed by atoms with Crippen LogP contribution in [-0.4, -0.2) is 15.6 Å². The van der Waals surface area contributed by atoms with Crippen LogP contribution in [0.15, 0.2) is 0 Å². The highest BCUT2D eigenvalue weighted by Gasteiger charge is 1.95. The van der Waals surface area contributed by atoms with E-state index in [0.29, 0.717) is 0 Å². The quantitative estimate of drug-likeness (QED) is 0.405. The Morgan fingerprint density at radius 2 is 1.38 bits per heavy atom. The molecule has 0 saturated carbocycles. The summed E-state index contributed by atoms with van der Waals surface area (Å²) < 4.78 is 5.57. The second-order valence-corrected chi connectivity index (χ2v) is 5.98. The molecule has 0 aromatic carbocycles. The molecule has 0 aliphatic carbocycles. The molecule has 0 aromatic heterocycles. The fourth-order valence-electron chi connectivity index (χ4n) is 1.34. The minimum Gasteiger partial charge on any atom is -0.417 e. The Kier molecular flexibility index (Phi) is 10.4. The van der Waals surface area contributed by atoms with Crippen LogP contribution in [0.4, 0.5) is 0 Å². The molecule has 79 valence electrons. The summed E-state index contributed by atoms with van der Waals surface area (Å²) in [7, 11) is -0.436. The minimum absolute atomic E-state index is 0.436. The van der Waals surface area contributed by atoms with Crippen LogP contribution in [0.3, 0.4) is 0 Å². The molecule has 0 saturated heterocycles. The van der Waals surface area contributed by atoms with E-state index in [4.69, 9.17) is 4.43 Å². The van der Waals surface area contributed by atoms with Crippen LogP contribution in [0.1, 0.15) is 51.9 Å². The van der Waals surface area contributed by atoms with Crippen molar-refractivity contribution in [1.29, 1.82) is 0 Å². The summed E-state index contributed by atoms with van der Waals surface area (Å²) in [5.74, 6) is 0. The van der Waals surface area contributed by atoms with E-state index >= 15 is 0 Å². The van der Waals surface area contributed by atoms with Gasteiger partial charge in [-0.2, -0.15) is 0 Å². The summed E-state index contributed by atoms with van der Waals surface area (Å²) in [6.07, 6.45) is 9.63. The van der Waals surface area contributed by atoms with E-state index in [2.05, 4.69) is 20.0 Å². The largest absolute Gasteiger partial charge is 0.417 e. The van der Waals surface area contributed by atoms with E-state index in [-0.39, 0.29) is 0 Å². The highest BCUT2D eigenvalue weighted by atomic mass is 28.3. The standard InChI is InChI=1S/C11H25OSi/c1-4-5-6-7-8-9-10-11-12-13(2)3/h4-11H2,1-3H3. The molecule has 0 N–H and O–H groups in total. The van der Waals surface area contributed by atoms with Crippen molar-refractivity contribution >= 4 is 9.04 Å². The first-order valence-electron chi connectivity index (χ1n) is 5.70. The van der Waals surface area contributed by atoms with Crippen LogP contribution in [0.5, 0.6) is 0 Å². The summed E-state index contributed by atoms with van der Waals surface area (Å²) in [6.45, 7) is 7.66. The molecule has 0 aromatic rings. The Morgan fingerprint density at radius 3 is 1.92 bits per heavy atom. The Balaban J connectivity index is 2.84. The lowest BCUT2D eigenvalue weighted by atomic mass is 10.1. The molecule has 13 heavy (non-hydrogen) atoms. The van der Waals surface area contributed by atoms with Crippen molar-refractivity contribution < 1.29 is 4.43 Å². The monoisotopic (exact) mass is 201 g/mol. The molecule has 0 spiro atoms. The summed E-state index contributed by atoms with van der Waals surface area (Å²) >= 11 is 0. The van der Waals surface area contributed by atoms with E-state index < -0.39 is 9.04 Å². The molecule has 0 rings (SSSR count). The van der Waals surface area contributed by atoms with Gasteiger partial charge in [-0.15, -0.1) is 0 Å². The Labute approximate surface area is 85.6 Å². The van der Waals surface area contributed by atoms with Gasteiger partial charge in [0.25, 0.3) is 0 Å². The zero-order chi connectivity index (χ0) is 9.94. The lowest BCUT2D eigenvalue weighted by molar-refractivity contribution is 0.311. The highest BCUT2D eigenvalue weighted by Crippen LogP contribution is 2.06. The number of rotatable bonds is 9. The molecule has 0 unspecified atom stereocenters. The molecule has 0 aliphatic heterocycles. The van der Waals surface area contributed by atoms with Crippen molar-refractivity contribution in [2.24, 2.45) is 0 Å². The van der Waals surface area contributed by atoms with Gasteiger partial charge in [0.2, 0.25) is 9.04 Å². The molecule has 0 fully saturated rings. The van der Waals surface area contributed by atoms with Gasteiger partial charge in [-0.05, 0) is 19.5 Å². The average Bonchev–Trinajstić information content (AvgIpc) is 2.09. The number of hydrogen-bond donors (Lipinski definition) is 0. The first-order chi connectivity index (χ1) is 6.27. The van der Waals surface area contributed by atoms with Crippen molar-refractivity contribution in [1.82, 2.24) is 0 Å². The maximum absolute atomic E-state index is 5.57. The Hall–Kier alpha value is 0.177. The summed E-state index contributed by atoms with van der Waals surface area (Å²) in [5.41, 5.74) is 0. The van der Waals surface area contributed by atoms with E-state index in [1.165, 1.54) is 44.9 Å². The van der Waals surface area contributed by atoms with Gasteiger partial charge in [0.1, 0.15) is 0 Å². The lowest BCUT2D eigenvalue weighted by Crippen LogP contribution is -2.08. The van der Waals surface area contributed by atoms with Gasteiger partial charge in [-0.1, -0.05) is 45.4 Å². The second-order valence-electron chi connectivity index (χ2n) is 3.88. The Bertz CT molecular complexity index is 94.1.